The van der Waals surface area contributed by atoms with Gasteiger partial charge in [0, 0.05) is 24.9 Å². The Balaban J connectivity index is 2.07. The van der Waals surface area contributed by atoms with Crippen LogP contribution in [0.1, 0.15) is 52.0 Å². The average molecular weight is 333 g/mol. The molecule has 0 spiro atoms. The van der Waals surface area contributed by atoms with E-state index in [2.05, 4.69) is 5.32 Å². The molecule has 2 rings (SSSR count). The van der Waals surface area contributed by atoms with Crippen LogP contribution in [0.15, 0.2) is 30.3 Å². The Kier molecular flexibility index (Phi) is 5.33. The van der Waals surface area contributed by atoms with E-state index in [9.17, 15) is 14.7 Å². The molecule has 3 unspecified atom stereocenters. The number of rotatable bonds is 7. The van der Waals surface area contributed by atoms with Crippen molar-refractivity contribution in [2.45, 2.75) is 58.1 Å². The number of carbonyl (C=O) groups excluding carboxylic acids is 1. The second-order valence-electron chi connectivity index (χ2n) is 7.14. The third kappa shape index (κ3) is 3.18. The third-order valence-electron chi connectivity index (χ3n) is 5.34. The first-order chi connectivity index (χ1) is 11.2. The van der Waals surface area contributed by atoms with Crippen molar-refractivity contribution in [3.8, 4) is 0 Å². The topological polar surface area (TPSA) is 75.6 Å². The van der Waals surface area contributed by atoms with E-state index in [1.54, 1.807) is 0 Å². The lowest BCUT2D eigenvalue weighted by Crippen LogP contribution is -2.76. The number of carbonyl (C=O) groups is 2. The van der Waals surface area contributed by atoms with Crippen LogP contribution in [-0.2, 0) is 14.3 Å². The molecule has 1 fully saturated rings. The van der Waals surface area contributed by atoms with Gasteiger partial charge in [-0.1, -0.05) is 51.1 Å². The Morgan fingerprint density at radius 1 is 1.33 bits per heavy atom. The fraction of sp³-hybridized carbons (Fsp3) is 0.579. The maximum atomic E-state index is 12.5. The Hall–Kier alpha value is -1.88. The Bertz CT molecular complexity index is 599. The van der Waals surface area contributed by atoms with Crippen molar-refractivity contribution in [3.05, 3.63) is 35.9 Å². The number of hydrogen-bond acceptors (Lipinski definition) is 3. The van der Waals surface area contributed by atoms with Crippen LogP contribution in [0, 0.1) is 5.41 Å². The summed E-state index contributed by atoms with van der Waals surface area (Å²) in [6.45, 7) is 8.06. The highest BCUT2D eigenvalue weighted by atomic mass is 16.5. The molecule has 0 saturated heterocycles. The fourth-order valence-electron chi connectivity index (χ4n) is 3.50. The van der Waals surface area contributed by atoms with Gasteiger partial charge >= 0.3 is 5.97 Å². The van der Waals surface area contributed by atoms with Gasteiger partial charge in [-0.25, -0.2) is 4.79 Å². The molecule has 0 aliphatic heterocycles. The molecule has 1 aliphatic carbocycles. The van der Waals surface area contributed by atoms with Crippen LogP contribution in [0.2, 0.25) is 0 Å². The minimum Gasteiger partial charge on any atom is -0.479 e. The summed E-state index contributed by atoms with van der Waals surface area (Å²) < 4.78 is 5.62. The highest BCUT2D eigenvalue weighted by Gasteiger charge is 2.66. The maximum absolute atomic E-state index is 12.5. The van der Waals surface area contributed by atoms with Crippen LogP contribution in [-0.4, -0.2) is 35.2 Å². The van der Waals surface area contributed by atoms with Crippen LogP contribution >= 0.6 is 0 Å². The molecule has 0 bridgehead atoms. The van der Waals surface area contributed by atoms with Gasteiger partial charge in [0.25, 0.3) is 0 Å². The number of hydrogen-bond donors (Lipinski definition) is 2. The van der Waals surface area contributed by atoms with E-state index in [-0.39, 0.29) is 24.3 Å². The molecule has 5 nitrogen and oxygen atoms in total. The number of aliphatic carboxylic acids is 1. The number of carboxylic acids is 1. The molecule has 1 saturated carbocycles. The Labute approximate surface area is 143 Å². The van der Waals surface area contributed by atoms with Gasteiger partial charge in [0.1, 0.15) is 5.54 Å². The van der Waals surface area contributed by atoms with E-state index in [1.807, 2.05) is 58.0 Å². The van der Waals surface area contributed by atoms with Gasteiger partial charge in [-0.15, -0.1) is 0 Å². The zero-order valence-corrected chi connectivity index (χ0v) is 14.8. The first-order valence-corrected chi connectivity index (χ1v) is 8.45. The van der Waals surface area contributed by atoms with Gasteiger partial charge in [0.2, 0.25) is 5.91 Å². The first-order valence-electron chi connectivity index (χ1n) is 8.45. The molecular formula is C19H27NO4. The van der Waals surface area contributed by atoms with Crippen molar-refractivity contribution in [1.82, 2.24) is 5.32 Å². The molecule has 24 heavy (non-hydrogen) atoms. The highest BCUT2D eigenvalue weighted by Crippen LogP contribution is 2.51. The number of amides is 1. The Morgan fingerprint density at radius 3 is 2.46 bits per heavy atom. The van der Waals surface area contributed by atoms with Crippen LogP contribution in [0.25, 0.3) is 0 Å². The zero-order valence-electron chi connectivity index (χ0n) is 14.8. The number of carboxylic acid groups (broad SMARTS) is 1. The van der Waals surface area contributed by atoms with E-state index in [0.717, 1.165) is 5.56 Å². The molecule has 2 N–H and O–H groups in total. The maximum Gasteiger partial charge on any atom is 0.330 e. The quantitative estimate of drug-likeness (QED) is 0.804. The minimum atomic E-state index is -1.26. The van der Waals surface area contributed by atoms with E-state index in [4.69, 9.17) is 4.74 Å². The monoisotopic (exact) mass is 333 g/mol. The lowest BCUT2D eigenvalue weighted by atomic mass is 9.54. The predicted molar refractivity (Wildman–Crippen MR) is 91.8 cm³/mol. The number of ether oxygens (including phenoxy) is 1. The molecule has 132 valence electrons. The van der Waals surface area contributed by atoms with E-state index in [1.165, 1.54) is 0 Å². The standard InChI is InChI=1S/C19H27NO4/c1-5-24-15-12-19(17(22)23,18(15,3)4)20-16(21)11-13(2)14-9-7-6-8-10-14/h6-10,13,15H,5,11-12H2,1-4H3,(H,20,21)(H,22,23). The predicted octanol–water partition coefficient (Wildman–Crippen LogP) is 2.95. The van der Waals surface area contributed by atoms with Gasteiger partial charge in [0.05, 0.1) is 6.10 Å². The fourth-order valence-corrected chi connectivity index (χ4v) is 3.50. The van der Waals surface area contributed by atoms with Crippen molar-refractivity contribution >= 4 is 11.9 Å². The molecular weight excluding hydrogens is 306 g/mol. The number of nitrogens with one attached hydrogen (secondary N) is 1. The van der Waals surface area contributed by atoms with Gasteiger partial charge in [-0.3, -0.25) is 4.79 Å². The molecule has 1 aromatic carbocycles. The van der Waals surface area contributed by atoms with Crippen LogP contribution < -0.4 is 5.32 Å². The minimum absolute atomic E-state index is 0.0305. The summed E-state index contributed by atoms with van der Waals surface area (Å²) in [4.78, 5) is 24.4. The summed E-state index contributed by atoms with van der Waals surface area (Å²) in [6, 6.07) is 9.75. The Morgan fingerprint density at radius 2 is 1.96 bits per heavy atom. The van der Waals surface area contributed by atoms with E-state index in [0.29, 0.717) is 13.0 Å². The second kappa shape index (κ2) is 6.93. The summed E-state index contributed by atoms with van der Waals surface area (Å²) in [5.41, 5.74) is -0.849. The van der Waals surface area contributed by atoms with Crippen molar-refractivity contribution in [2.75, 3.05) is 6.61 Å². The highest BCUT2D eigenvalue weighted by molar-refractivity contribution is 5.89. The molecule has 0 aromatic heterocycles. The van der Waals surface area contributed by atoms with Gasteiger partial charge in [-0.2, -0.15) is 0 Å². The average Bonchev–Trinajstić information content (AvgIpc) is 2.54. The summed E-state index contributed by atoms with van der Waals surface area (Å²) in [5.74, 6) is -1.20. The van der Waals surface area contributed by atoms with Crippen molar-refractivity contribution in [1.29, 1.82) is 0 Å². The zero-order chi connectivity index (χ0) is 18.0. The summed E-state index contributed by atoms with van der Waals surface area (Å²) in [6.07, 6.45) is 0.397. The lowest BCUT2D eigenvalue weighted by Gasteiger charge is -2.58. The van der Waals surface area contributed by atoms with Crippen molar-refractivity contribution in [3.63, 3.8) is 0 Å². The lowest BCUT2D eigenvalue weighted by molar-refractivity contribution is -0.194. The summed E-state index contributed by atoms with van der Waals surface area (Å²) in [7, 11) is 0. The molecule has 3 atom stereocenters. The van der Waals surface area contributed by atoms with Gasteiger partial charge < -0.3 is 15.2 Å². The van der Waals surface area contributed by atoms with E-state index >= 15 is 0 Å². The molecule has 1 aromatic rings. The van der Waals surface area contributed by atoms with Crippen LogP contribution in [0.4, 0.5) is 0 Å². The first kappa shape index (κ1) is 18.5. The third-order valence-corrected chi connectivity index (χ3v) is 5.34. The molecule has 0 heterocycles. The summed E-state index contributed by atoms with van der Waals surface area (Å²) in [5, 5.41) is 12.5. The largest absolute Gasteiger partial charge is 0.479 e. The van der Waals surface area contributed by atoms with Crippen LogP contribution in [0.5, 0.6) is 0 Å². The SMILES string of the molecule is CCOC1CC(NC(=O)CC(C)c2ccccc2)(C(=O)O)C1(C)C. The van der Waals surface area contributed by atoms with Gasteiger partial charge in [-0.05, 0) is 18.4 Å². The molecule has 1 aliphatic rings. The number of benzene rings is 1. The van der Waals surface area contributed by atoms with E-state index < -0.39 is 16.9 Å². The summed E-state index contributed by atoms with van der Waals surface area (Å²) >= 11 is 0. The van der Waals surface area contributed by atoms with Gasteiger partial charge in [0.15, 0.2) is 0 Å². The van der Waals surface area contributed by atoms with Crippen molar-refractivity contribution < 1.29 is 19.4 Å². The normalized spacial score (nSPS) is 26.2. The second-order valence-corrected chi connectivity index (χ2v) is 7.14. The van der Waals surface area contributed by atoms with Crippen LogP contribution in [0.3, 0.4) is 0 Å². The molecule has 0 radical (unpaired) electrons. The molecule has 5 heteroatoms. The van der Waals surface area contributed by atoms with Crippen molar-refractivity contribution in [2.24, 2.45) is 5.41 Å². The molecule has 1 amide bonds. The smallest absolute Gasteiger partial charge is 0.330 e.